The molecule has 2 amide bonds. The molecule has 0 aliphatic rings. The number of benzene rings is 2. The Bertz CT molecular complexity index is 813. The molecule has 0 radical (unpaired) electrons. The Hall–Kier alpha value is -2.53. The van der Waals surface area contributed by atoms with Crippen LogP contribution in [-0.2, 0) is 4.79 Å². The Labute approximate surface area is 159 Å². The SMILES string of the molecule is Cc1c(Cl)cccc1NCC(=O)Nc1cccc(C(=O)NC(C)(C)C)c1. The molecule has 3 N–H and O–H groups in total. The molecule has 2 aromatic rings. The molecule has 0 aliphatic heterocycles. The number of anilines is 2. The molecule has 0 fully saturated rings. The summed E-state index contributed by atoms with van der Waals surface area (Å²) in [4.78, 5) is 24.4. The van der Waals surface area contributed by atoms with E-state index in [2.05, 4.69) is 16.0 Å². The monoisotopic (exact) mass is 373 g/mol. The standard InChI is InChI=1S/C20H24ClN3O2/c1-13-16(21)9-6-10-17(13)22-12-18(25)23-15-8-5-7-14(11-15)19(26)24-20(2,3)4/h5-11,22H,12H2,1-4H3,(H,23,25)(H,24,26). The van der Waals surface area contributed by atoms with Crippen LogP contribution in [0.1, 0.15) is 36.7 Å². The molecule has 5 nitrogen and oxygen atoms in total. The lowest BCUT2D eigenvalue weighted by Crippen LogP contribution is -2.40. The van der Waals surface area contributed by atoms with E-state index < -0.39 is 0 Å². The van der Waals surface area contributed by atoms with Gasteiger partial charge in [0, 0.05) is 27.5 Å². The van der Waals surface area contributed by atoms with Crippen LogP contribution in [0.5, 0.6) is 0 Å². The lowest BCUT2D eigenvalue weighted by Gasteiger charge is -2.20. The van der Waals surface area contributed by atoms with Crippen LogP contribution in [0.25, 0.3) is 0 Å². The van der Waals surface area contributed by atoms with Crippen LogP contribution >= 0.6 is 11.6 Å². The topological polar surface area (TPSA) is 70.2 Å². The summed E-state index contributed by atoms with van der Waals surface area (Å²) >= 11 is 6.07. The number of rotatable bonds is 5. The summed E-state index contributed by atoms with van der Waals surface area (Å²) in [7, 11) is 0. The van der Waals surface area contributed by atoms with Gasteiger partial charge in [-0.2, -0.15) is 0 Å². The van der Waals surface area contributed by atoms with Crippen molar-refractivity contribution in [2.75, 3.05) is 17.2 Å². The summed E-state index contributed by atoms with van der Waals surface area (Å²) < 4.78 is 0. The van der Waals surface area contributed by atoms with E-state index in [1.807, 2.05) is 39.8 Å². The van der Waals surface area contributed by atoms with Gasteiger partial charge in [-0.1, -0.05) is 23.7 Å². The van der Waals surface area contributed by atoms with Crippen molar-refractivity contribution in [3.05, 3.63) is 58.6 Å². The Kier molecular flexibility index (Phi) is 6.27. The molecular weight excluding hydrogens is 350 g/mol. The fraction of sp³-hybridized carbons (Fsp3) is 0.300. The van der Waals surface area contributed by atoms with Crippen LogP contribution in [0.3, 0.4) is 0 Å². The molecule has 0 unspecified atom stereocenters. The van der Waals surface area contributed by atoms with Crippen LogP contribution in [-0.4, -0.2) is 23.9 Å². The van der Waals surface area contributed by atoms with Crippen molar-refractivity contribution in [1.29, 1.82) is 0 Å². The van der Waals surface area contributed by atoms with Crippen LogP contribution in [0, 0.1) is 6.92 Å². The van der Waals surface area contributed by atoms with Crippen LogP contribution in [0.4, 0.5) is 11.4 Å². The third kappa shape index (κ3) is 5.77. The van der Waals surface area contributed by atoms with Crippen molar-refractivity contribution < 1.29 is 9.59 Å². The Morgan fingerprint density at radius 1 is 1.08 bits per heavy atom. The summed E-state index contributed by atoms with van der Waals surface area (Å²) in [5.41, 5.74) is 2.45. The molecule has 0 spiro atoms. The van der Waals surface area contributed by atoms with Gasteiger partial charge in [-0.15, -0.1) is 0 Å². The number of hydrogen-bond donors (Lipinski definition) is 3. The Morgan fingerprint density at radius 2 is 1.77 bits per heavy atom. The highest BCUT2D eigenvalue weighted by Crippen LogP contribution is 2.22. The van der Waals surface area contributed by atoms with Gasteiger partial charge < -0.3 is 16.0 Å². The fourth-order valence-corrected chi connectivity index (χ4v) is 2.51. The highest BCUT2D eigenvalue weighted by Gasteiger charge is 2.15. The highest BCUT2D eigenvalue weighted by molar-refractivity contribution is 6.31. The average Bonchev–Trinajstić information content (AvgIpc) is 2.55. The van der Waals surface area contributed by atoms with Crippen molar-refractivity contribution in [3.63, 3.8) is 0 Å². The van der Waals surface area contributed by atoms with Crippen LogP contribution in [0.15, 0.2) is 42.5 Å². The molecule has 0 bridgehead atoms. The van der Waals surface area contributed by atoms with Gasteiger partial charge in [0.05, 0.1) is 6.54 Å². The first-order valence-electron chi connectivity index (χ1n) is 8.37. The predicted octanol–water partition coefficient (Wildman–Crippen LogP) is 4.23. The maximum Gasteiger partial charge on any atom is 0.251 e. The first-order valence-corrected chi connectivity index (χ1v) is 8.75. The van der Waals surface area contributed by atoms with Crippen LogP contribution in [0.2, 0.25) is 5.02 Å². The first kappa shape index (κ1) is 19.8. The van der Waals surface area contributed by atoms with Gasteiger partial charge in [0.1, 0.15) is 0 Å². The highest BCUT2D eigenvalue weighted by atomic mass is 35.5. The quantitative estimate of drug-likeness (QED) is 0.734. The molecule has 0 aliphatic carbocycles. The third-order valence-electron chi connectivity index (χ3n) is 3.60. The lowest BCUT2D eigenvalue weighted by molar-refractivity contribution is -0.114. The van der Waals surface area contributed by atoms with E-state index in [0.717, 1.165) is 11.3 Å². The number of amides is 2. The zero-order chi connectivity index (χ0) is 19.3. The second-order valence-electron chi connectivity index (χ2n) is 7.10. The van der Waals surface area contributed by atoms with Gasteiger partial charge in [-0.05, 0) is 63.6 Å². The molecule has 6 heteroatoms. The molecule has 0 aromatic heterocycles. The molecule has 0 saturated carbocycles. The first-order chi connectivity index (χ1) is 12.2. The number of hydrogen-bond acceptors (Lipinski definition) is 3. The zero-order valence-corrected chi connectivity index (χ0v) is 16.2. The van der Waals surface area contributed by atoms with E-state index >= 15 is 0 Å². The van der Waals surface area contributed by atoms with Crippen molar-refractivity contribution in [3.8, 4) is 0 Å². The number of halogens is 1. The molecule has 26 heavy (non-hydrogen) atoms. The maximum absolute atomic E-state index is 12.2. The van der Waals surface area contributed by atoms with E-state index in [1.54, 1.807) is 30.3 Å². The maximum atomic E-state index is 12.2. The van der Waals surface area contributed by atoms with Gasteiger partial charge in [0.2, 0.25) is 5.91 Å². The van der Waals surface area contributed by atoms with E-state index in [0.29, 0.717) is 16.3 Å². The lowest BCUT2D eigenvalue weighted by atomic mass is 10.1. The third-order valence-corrected chi connectivity index (χ3v) is 4.01. The number of nitrogens with one attached hydrogen (secondary N) is 3. The van der Waals surface area contributed by atoms with Gasteiger partial charge >= 0.3 is 0 Å². The van der Waals surface area contributed by atoms with Gasteiger partial charge in [-0.25, -0.2) is 0 Å². The minimum atomic E-state index is -0.324. The summed E-state index contributed by atoms with van der Waals surface area (Å²) in [5.74, 6) is -0.390. The summed E-state index contributed by atoms with van der Waals surface area (Å²) in [5, 5.41) is 9.40. The van der Waals surface area contributed by atoms with Crippen molar-refractivity contribution in [2.24, 2.45) is 0 Å². The van der Waals surface area contributed by atoms with Crippen LogP contribution < -0.4 is 16.0 Å². The Balaban J connectivity index is 1.98. The molecule has 0 atom stereocenters. The molecule has 2 rings (SSSR count). The van der Waals surface area contributed by atoms with Crippen molar-refractivity contribution in [2.45, 2.75) is 33.2 Å². The van der Waals surface area contributed by atoms with E-state index in [9.17, 15) is 9.59 Å². The molecular formula is C20H24ClN3O2. The van der Waals surface area contributed by atoms with Gasteiger partial charge in [0.15, 0.2) is 0 Å². The van der Waals surface area contributed by atoms with Gasteiger partial charge in [0.25, 0.3) is 5.91 Å². The van der Waals surface area contributed by atoms with E-state index in [4.69, 9.17) is 11.6 Å². The minimum absolute atomic E-state index is 0.0968. The molecule has 0 saturated heterocycles. The Morgan fingerprint density at radius 3 is 2.46 bits per heavy atom. The summed E-state index contributed by atoms with van der Waals surface area (Å²) in [6, 6.07) is 12.3. The largest absolute Gasteiger partial charge is 0.376 e. The van der Waals surface area contributed by atoms with Crippen molar-refractivity contribution >= 4 is 34.8 Å². The smallest absolute Gasteiger partial charge is 0.251 e. The summed E-state index contributed by atoms with van der Waals surface area (Å²) in [6.07, 6.45) is 0. The normalized spacial score (nSPS) is 11.0. The van der Waals surface area contributed by atoms with Gasteiger partial charge in [-0.3, -0.25) is 9.59 Å². The fourth-order valence-electron chi connectivity index (χ4n) is 2.33. The summed E-state index contributed by atoms with van der Waals surface area (Å²) in [6.45, 7) is 7.74. The number of carbonyl (C=O) groups is 2. The zero-order valence-electron chi connectivity index (χ0n) is 15.4. The van der Waals surface area contributed by atoms with Crippen molar-refractivity contribution in [1.82, 2.24) is 5.32 Å². The minimum Gasteiger partial charge on any atom is -0.376 e. The van der Waals surface area contributed by atoms with E-state index in [-0.39, 0.29) is 23.9 Å². The number of carbonyl (C=O) groups excluding carboxylic acids is 2. The second-order valence-corrected chi connectivity index (χ2v) is 7.51. The average molecular weight is 374 g/mol. The second kappa shape index (κ2) is 8.23. The van der Waals surface area contributed by atoms with E-state index in [1.165, 1.54) is 0 Å². The molecule has 0 heterocycles. The molecule has 138 valence electrons. The molecule has 2 aromatic carbocycles. The predicted molar refractivity (Wildman–Crippen MR) is 107 cm³/mol.